The molecule has 0 radical (unpaired) electrons. The van der Waals surface area contributed by atoms with Crippen molar-refractivity contribution in [3.63, 3.8) is 0 Å². The van der Waals surface area contributed by atoms with Crippen LogP contribution in [0.1, 0.15) is 34.5 Å². The number of ether oxygens (including phenoxy) is 2. The molecule has 1 aliphatic rings. The number of aliphatic hydroxyl groups excluding tert-OH is 1. The van der Waals surface area contributed by atoms with E-state index in [2.05, 4.69) is 0 Å². The van der Waals surface area contributed by atoms with Crippen molar-refractivity contribution in [2.75, 3.05) is 13.7 Å². The van der Waals surface area contributed by atoms with Crippen molar-refractivity contribution in [2.45, 2.75) is 26.4 Å². The Bertz CT molecular complexity index is 1220. The van der Waals surface area contributed by atoms with E-state index in [1.165, 1.54) is 16.2 Å². The summed E-state index contributed by atoms with van der Waals surface area (Å²) in [5.41, 5.74) is 2.22. The number of aliphatic hydroxyl groups is 1. The van der Waals surface area contributed by atoms with Crippen molar-refractivity contribution in [3.05, 3.63) is 87.1 Å². The second kappa shape index (κ2) is 9.50. The van der Waals surface area contributed by atoms with E-state index < -0.39 is 17.7 Å². The molecule has 170 valence electrons. The molecule has 6 nitrogen and oxygen atoms in total. The molecule has 1 amide bonds. The fraction of sp³-hybridized carbons (Fsp3) is 0.231. The Morgan fingerprint density at radius 3 is 2.61 bits per heavy atom. The summed E-state index contributed by atoms with van der Waals surface area (Å²) in [5.74, 6) is -0.143. The third kappa shape index (κ3) is 4.36. The van der Waals surface area contributed by atoms with Gasteiger partial charge in [0.25, 0.3) is 11.7 Å². The summed E-state index contributed by atoms with van der Waals surface area (Å²) in [7, 11) is 1.58. The highest BCUT2D eigenvalue weighted by Gasteiger charge is 2.46. The van der Waals surface area contributed by atoms with E-state index in [1.54, 1.807) is 25.3 Å². The maximum absolute atomic E-state index is 13.1. The average molecular weight is 464 g/mol. The molecule has 1 N–H and O–H groups in total. The lowest BCUT2D eigenvalue weighted by atomic mass is 9.98. The number of carbonyl (C=O) groups excluding carboxylic acids is 2. The molecule has 0 saturated carbocycles. The SMILES string of the molecule is CCOc1ccc(/C(O)=C2/C(=O)C(=O)N(Cc3cccc(OC)c3)C2c2cccs2)cc1C. The number of likely N-dealkylation sites (tertiary alicyclic amines) is 1. The van der Waals surface area contributed by atoms with Crippen LogP contribution < -0.4 is 9.47 Å². The van der Waals surface area contributed by atoms with E-state index in [-0.39, 0.29) is 17.9 Å². The van der Waals surface area contributed by atoms with Crippen LogP contribution in [0, 0.1) is 6.92 Å². The van der Waals surface area contributed by atoms with Gasteiger partial charge in [-0.1, -0.05) is 18.2 Å². The van der Waals surface area contributed by atoms with Gasteiger partial charge in [-0.25, -0.2) is 0 Å². The van der Waals surface area contributed by atoms with Crippen molar-refractivity contribution in [3.8, 4) is 11.5 Å². The van der Waals surface area contributed by atoms with Gasteiger partial charge < -0.3 is 19.5 Å². The molecule has 1 saturated heterocycles. The highest BCUT2D eigenvalue weighted by Crippen LogP contribution is 2.42. The van der Waals surface area contributed by atoms with Crippen LogP contribution in [-0.2, 0) is 16.1 Å². The number of carbonyl (C=O) groups is 2. The first-order chi connectivity index (χ1) is 15.9. The van der Waals surface area contributed by atoms with Crippen LogP contribution in [0.2, 0.25) is 0 Å². The molecule has 1 aliphatic heterocycles. The maximum atomic E-state index is 13.1. The Hall–Kier alpha value is -3.58. The predicted octanol–water partition coefficient (Wildman–Crippen LogP) is 5.09. The van der Waals surface area contributed by atoms with Gasteiger partial charge in [0.05, 0.1) is 25.3 Å². The summed E-state index contributed by atoms with van der Waals surface area (Å²) >= 11 is 1.44. The zero-order valence-electron chi connectivity index (χ0n) is 18.7. The minimum Gasteiger partial charge on any atom is -0.507 e. The molecular weight excluding hydrogens is 438 g/mol. The van der Waals surface area contributed by atoms with E-state index >= 15 is 0 Å². The summed E-state index contributed by atoms with van der Waals surface area (Å²) in [5, 5.41) is 13.1. The fourth-order valence-electron chi connectivity index (χ4n) is 4.02. The van der Waals surface area contributed by atoms with Crippen LogP contribution in [0.25, 0.3) is 5.76 Å². The maximum Gasteiger partial charge on any atom is 0.295 e. The van der Waals surface area contributed by atoms with Crippen molar-refractivity contribution in [1.82, 2.24) is 4.90 Å². The quantitative estimate of drug-likeness (QED) is 0.300. The molecular formula is C26H25NO5S. The molecule has 1 aromatic heterocycles. The van der Waals surface area contributed by atoms with Crippen LogP contribution in [-0.4, -0.2) is 35.4 Å². The topological polar surface area (TPSA) is 76.1 Å². The smallest absolute Gasteiger partial charge is 0.295 e. The lowest BCUT2D eigenvalue weighted by Gasteiger charge is -2.24. The third-order valence-electron chi connectivity index (χ3n) is 5.59. The van der Waals surface area contributed by atoms with Crippen LogP contribution in [0.3, 0.4) is 0 Å². The normalized spacial score (nSPS) is 17.4. The number of amides is 1. The van der Waals surface area contributed by atoms with Gasteiger partial charge >= 0.3 is 0 Å². The summed E-state index contributed by atoms with van der Waals surface area (Å²) < 4.78 is 10.9. The Balaban J connectivity index is 1.79. The number of methoxy groups -OCH3 is 1. The van der Waals surface area contributed by atoms with Crippen LogP contribution in [0.5, 0.6) is 11.5 Å². The average Bonchev–Trinajstić information content (AvgIpc) is 3.43. The van der Waals surface area contributed by atoms with E-state index in [4.69, 9.17) is 9.47 Å². The number of benzene rings is 2. The van der Waals surface area contributed by atoms with Gasteiger partial charge in [-0.05, 0) is 66.8 Å². The van der Waals surface area contributed by atoms with Crippen LogP contribution in [0.15, 0.2) is 65.6 Å². The second-order valence-corrected chi connectivity index (χ2v) is 8.69. The minimum absolute atomic E-state index is 0.0916. The van der Waals surface area contributed by atoms with Gasteiger partial charge in [0.15, 0.2) is 0 Å². The van der Waals surface area contributed by atoms with Gasteiger partial charge in [-0.3, -0.25) is 9.59 Å². The van der Waals surface area contributed by atoms with E-state index in [0.29, 0.717) is 23.7 Å². The van der Waals surface area contributed by atoms with Crippen molar-refractivity contribution in [2.24, 2.45) is 0 Å². The van der Waals surface area contributed by atoms with E-state index in [9.17, 15) is 14.7 Å². The number of Topliss-reactive ketones (excluding diaryl/α,β-unsaturated/α-hetero) is 1. The second-order valence-electron chi connectivity index (χ2n) is 7.71. The summed E-state index contributed by atoms with van der Waals surface area (Å²) in [6.07, 6.45) is 0. The molecule has 7 heteroatoms. The van der Waals surface area contributed by atoms with E-state index in [0.717, 1.165) is 16.0 Å². The molecule has 0 bridgehead atoms. The number of rotatable bonds is 7. The first kappa shape index (κ1) is 22.6. The highest BCUT2D eigenvalue weighted by atomic mass is 32.1. The monoisotopic (exact) mass is 463 g/mol. The van der Waals surface area contributed by atoms with Gasteiger partial charge in [-0.15, -0.1) is 11.3 Å². The molecule has 1 atom stereocenters. The van der Waals surface area contributed by atoms with Gasteiger partial charge in [0.1, 0.15) is 17.3 Å². The van der Waals surface area contributed by atoms with Crippen LogP contribution in [0.4, 0.5) is 0 Å². The van der Waals surface area contributed by atoms with Crippen molar-refractivity contribution in [1.29, 1.82) is 0 Å². The summed E-state index contributed by atoms with van der Waals surface area (Å²) in [6, 6.07) is 15.7. The first-order valence-electron chi connectivity index (χ1n) is 10.6. The number of ketones is 1. The lowest BCUT2D eigenvalue weighted by molar-refractivity contribution is -0.140. The van der Waals surface area contributed by atoms with Crippen LogP contribution >= 0.6 is 11.3 Å². The Kier molecular flexibility index (Phi) is 6.51. The van der Waals surface area contributed by atoms with Gasteiger partial charge in [0.2, 0.25) is 0 Å². The zero-order valence-corrected chi connectivity index (χ0v) is 19.5. The molecule has 0 aliphatic carbocycles. The minimum atomic E-state index is -0.694. The van der Waals surface area contributed by atoms with Crippen molar-refractivity contribution >= 4 is 28.8 Å². The molecule has 1 fully saturated rings. The number of nitrogens with zero attached hydrogens (tertiary/aromatic N) is 1. The molecule has 4 rings (SSSR count). The van der Waals surface area contributed by atoms with Gasteiger partial charge in [0, 0.05) is 17.0 Å². The molecule has 1 unspecified atom stereocenters. The standard InChI is InChI=1S/C26H25NO5S/c1-4-32-20-11-10-18(13-16(20)2)24(28)22-23(21-9-6-12-33-21)27(26(30)25(22)29)15-17-7-5-8-19(14-17)31-3/h5-14,23,28H,4,15H2,1-3H3/b24-22-. The molecule has 0 spiro atoms. The summed E-state index contributed by atoms with van der Waals surface area (Å²) in [6.45, 7) is 4.52. The largest absolute Gasteiger partial charge is 0.507 e. The number of hydrogen-bond acceptors (Lipinski definition) is 6. The first-order valence-corrected chi connectivity index (χ1v) is 11.5. The van der Waals surface area contributed by atoms with Crippen molar-refractivity contribution < 1.29 is 24.2 Å². The molecule has 2 aromatic carbocycles. The predicted molar refractivity (Wildman–Crippen MR) is 128 cm³/mol. The lowest BCUT2D eigenvalue weighted by Crippen LogP contribution is -2.28. The zero-order chi connectivity index (χ0) is 23.5. The molecule has 33 heavy (non-hydrogen) atoms. The van der Waals surface area contributed by atoms with Gasteiger partial charge in [-0.2, -0.15) is 0 Å². The van der Waals surface area contributed by atoms with E-state index in [1.807, 2.05) is 55.6 Å². The number of hydrogen-bond donors (Lipinski definition) is 1. The Morgan fingerprint density at radius 2 is 1.94 bits per heavy atom. The Labute approximate surface area is 196 Å². The number of thiophene rings is 1. The molecule has 3 aromatic rings. The highest BCUT2D eigenvalue weighted by molar-refractivity contribution is 7.10. The third-order valence-corrected chi connectivity index (χ3v) is 6.51. The Morgan fingerprint density at radius 1 is 1.12 bits per heavy atom. The number of aryl methyl sites for hydroxylation is 1. The fourth-order valence-corrected chi connectivity index (χ4v) is 4.87. The molecule has 2 heterocycles. The summed E-state index contributed by atoms with van der Waals surface area (Å²) in [4.78, 5) is 28.6.